The van der Waals surface area contributed by atoms with Crippen LogP contribution in [0.3, 0.4) is 0 Å². The lowest BCUT2D eigenvalue weighted by Gasteiger charge is -2.19. The molecule has 0 atom stereocenters. The van der Waals surface area contributed by atoms with Gasteiger partial charge in [0.25, 0.3) is 0 Å². The van der Waals surface area contributed by atoms with Gasteiger partial charge in [0.1, 0.15) is 5.75 Å². The Bertz CT molecular complexity index is 423. The van der Waals surface area contributed by atoms with Crippen LogP contribution in [-0.2, 0) is 11.3 Å². The molecule has 2 rings (SSSR count). The molecule has 1 saturated heterocycles. The number of rotatable bonds is 2. The number of carbonyl (C=O) groups is 1. The Morgan fingerprint density at radius 2 is 2.29 bits per heavy atom. The van der Waals surface area contributed by atoms with Gasteiger partial charge in [0, 0.05) is 19.6 Å². The quantitative estimate of drug-likeness (QED) is 0.838. The van der Waals surface area contributed by atoms with Crippen molar-refractivity contribution in [1.82, 2.24) is 10.2 Å². The highest BCUT2D eigenvalue weighted by atomic mass is 35.5. The summed E-state index contributed by atoms with van der Waals surface area (Å²) in [4.78, 5) is 13.4. The SMILES string of the molecule is O=C1CN(Cc2cccc(O)c2Cl)CCCN1. The second-order valence-electron chi connectivity index (χ2n) is 4.16. The van der Waals surface area contributed by atoms with Crippen molar-refractivity contribution in [2.24, 2.45) is 0 Å². The van der Waals surface area contributed by atoms with Crippen molar-refractivity contribution < 1.29 is 9.90 Å². The van der Waals surface area contributed by atoms with Crippen molar-refractivity contribution in [1.29, 1.82) is 0 Å². The van der Waals surface area contributed by atoms with Crippen molar-refractivity contribution >= 4 is 17.5 Å². The smallest absolute Gasteiger partial charge is 0.234 e. The zero-order chi connectivity index (χ0) is 12.3. The number of nitrogens with one attached hydrogen (secondary N) is 1. The van der Waals surface area contributed by atoms with Gasteiger partial charge in [-0.3, -0.25) is 9.69 Å². The van der Waals surface area contributed by atoms with Gasteiger partial charge < -0.3 is 10.4 Å². The fourth-order valence-electron chi connectivity index (χ4n) is 1.93. The number of benzene rings is 1. The van der Waals surface area contributed by atoms with Crippen LogP contribution >= 0.6 is 11.6 Å². The molecule has 0 aromatic heterocycles. The fraction of sp³-hybridized carbons (Fsp3) is 0.417. The van der Waals surface area contributed by atoms with Crippen LogP contribution in [0.1, 0.15) is 12.0 Å². The molecule has 1 aromatic carbocycles. The summed E-state index contributed by atoms with van der Waals surface area (Å²) >= 11 is 6.01. The van der Waals surface area contributed by atoms with Crippen molar-refractivity contribution in [2.75, 3.05) is 19.6 Å². The Hall–Kier alpha value is -1.26. The molecule has 1 aromatic rings. The van der Waals surface area contributed by atoms with Gasteiger partial charge in [-0.15, -0.1) is 0 Å². The van der Waals surface area contributed by atoms with Crippen molar-refractivity contribution in [3.05, 3.63) is 28.8 Å². The molecule has 1 aliphatic rings. The number of halogens is 1. The average Bonchev–Trinajstić information content (AvgIpc) is 2.49. The molecule has 1 amide bonds. The lowest BCUT2D eigenvalue weighted by atomic mass is 10.2. The first-order valence-electron chi connectivity index (χ1n) is 5.62. The molecule has 4 nitrogen and oxygen atoms in total. The second kappa shape index (κ2) is 5.38. The van der Waals surface area contributed by atoms with Crippen LogP contribution < -0.4 is 5.32 Å². The lowest BCUT2D eigenvalue weighted by molar-refractivity contribution is -0.121. The minimum Gasteiger partial charge on any atom is -0.506 e. The van der Waals surface area contributed by atoms with Gasteiger partial charge in [0.05, 0.1) is 11.6 Å². The zero-order valence-corrected chi connectivity index (χ0v) is 10.2. The van der Waals surface area contributed by atoms with E-state index in [9.17, 15) is 9.90 Å². The maximum absolute atomic E-state index is 11.4. The molecule has 0 saturated carbocycles. The summed E-state index contributed by atoms with van der Waals surface area (Å²) in [5.74, 6) is 0.127. The van der Waals surface area contributed by atoms with Crippen LogP contribution in [0.25, 0.3) is 0 Å². The first-order chi connectivity index (χ1) is 8.16. The number of phenols is 1. The van der Waals surface area contributed by atoms with E-state index in [2.05, 4.69) is 5.32 Å². The Balaban J connectivity index is 2.09. The lowest BCUT2D eigenvalue weighted by Crippen LogP contribution is -2.32. The Morgan fingerprint density at radius 1 is 1.47 bits per heavy atom. The third-order valence-electron chi connectivity index (χ3n) is 2.79. The van der Waals surface area contributed by atoms with Crippen molar-refractivity contribution in [2.45, 2.75) is 13.0 Å². The Kier molecular flexibility index (Phi) is 3.86. The van der Waals surface area contributed by atoms with Gasteiger partial charge in [0.2, 0.25) is 5.91 Å². The molecule has 0 unspecified atom stereocenters. The monoisotopic (exact) mass is 254 g/mol. The third kappa shape index (κ3) is 3.11. The molecule has 1 aliphatic heterocycles. The number of amides is 1. The molecule has 5 heteroatoms. The maximum atomic E-state index is 11.4. The molecule has 0 aliphatic carbocycles. The highest BCUT2D eigenvalue weighted by Gasteiger charge is 2.16. The molecular weight excluding hydrogens is 240 g/mol. The van der Waals surface area contributed by atoms with Gasteiger partial charge in [-0.05, 0) is 18.1 Å². The van der Waals surface area contributed by atoms with Crippen LogP contribution in [-0.4, -0.2) is 35.5 Å². The van der Waals surface area contributed by atoms with E-state index in [1.54, 1.807) is 12.1 Å². The van der Waals surface area contributed by atoms with E-state index >= 15 is 0 Å². The number of hydrogen-bond acceptors (Lipinski definition) is 3. The summed E-state index contributed by atoms with van der Waals surface area (Å²) in [6, 6.07) is 5.18. The predicted octanol–water partition coefficient (Wildman–Crippen LogP) is 1.37. The number of carbonyl (C=O) groups excluding carboxylic acids is 1. The first kappa shape index (κ1) is 12.2. The minimum absolute atomic E-state index is 0.0405. The predicted molar refractivity (Wildman–Crippen MR) is 66.0 cm³/mol. The molecule has 0 radical (unpaired) electrons. The number of phenolic OH excluding ortho intramolecular Hbond substituents is 1. The van der Waals surface area contributed by atoms with Crippen LogP contribution in [0, 0.1) is 0 Å². The third-order valence-corrected chi connectivity index (χ3v) is 3.23. The summed E-state index contributed by atoms with van der Waals surface area (Å²) in [5, 5.41) is 12.7. The minimum atomic E-state index is 0.0405. The van der Waals surface area contributed by atoms with Gasteiger partial charge in [-0.25, -0.2) is 0 Å². The molecule has 17 heavy (non-hydrogen) atoms. The molecule has 0 spiro atoms. The molecule has 1 heterocycles. The standard InChI is InChI=1S/C12H15ClN2O2/c13-12-9(3-1-4-10(12)16)7-15-6-2-5-14-11(17)8-15/h1,3-4,16H,2,5-8H2,(H,14,17). The van der Waals surface area contributed by atoms with E-state index in [1.807, 2.05) is 11.0 Å². The average molecular weight is 255 g/mol. The van der Waals surface area contributed by atoms with E-state index in [0.717, 1.165) is 25.1 Å². The Morgan fingerprint density at radius 3 is 3.12 bits per heavy atom. The molecule has 1 fully saturated rings. The van der Waals surface area contributed by atoms with E-state index in [-0.39, 0.29) is 11.7 Å². The fourth-order valence-corrected chi connectivity index (χ4v) is 2.12. The van der Waals surface area contributed by atoms with Crippen LogP contribution in [0.4, 0.5) is 0 Å². The van der Waals surface area contributed by atoms with Crippen LogP contribution in [0.2, 0.25) is 5.02 Å². The number of hydrogen-bond donors (Lipinski definition) is 2. The first-order valence-corrected chi connectivity index (χ1v) is 6.00. The molecule has 92 valence electrons. The highest BCUT2D eigenvalue weighted by Crippen LogP contribution is 2.27. The Labute approximate surface area is 105 Å². The van der Waals surface area contributed by atoms with Crippen molar-refractivity contribution in [3.8, 4) is 5.75 Å². The van der Waals surface area contributed by atoms with Gasteiger partial charge in [0.15, 0.2) is 0 Å². The summed E-state index contributed by atoms with van der Waals surface area (Å²) in [7, 11) is 0. The molecule has 2 N–H and O–H groups in total. The summed E-state index contributed by atoms with van der Waals surface area (Å²) in [5.41, 5.74) is 0.848. The van der Waals surface area contributed by atoms with E-state index < -0.39 is 0 Å². The zero-order valence-electron chi connectivity index (χ0n) is 9.45. The van der Waals surface area contributed by atoms with Crippen LogP contribution in [0.15, 0.2) is 18.2 Å². The largest absolute Gasteiger partial charge is 0.506 e. The summed E-state index contributed by atoms with van der Waals surface area (Å²) in [6.45, 7) is 2.54. The number of nitrogens with zero attached hydrogens (tertiary/aromatic N) is 1. The summed E-state index contributed by atoms with van der Waals surface area (Å²) in [6.07, 6.45) is 0.933. The second-order valence-corrected chi connectivity index (χ2v) is 4.54. The normalized spacial score (nSPS) is 17.6. The van der Waals surface area contributed by atoms with Gasteiger partial charge in [-0.1, -0.05) is 23.7 Å². The van der Waals surface area contributed by atoms with Crippen molar-refractivity contribution in [3.63, 3.8) is 0 Å². The van der Waals surface area contributed by atoms with Gasteiger partial charge >= 0.3 is 0 Å². The van der Waals surface area contributed by atoms with Crippen LogP contribution in [0.5, 0.6) is 5.75 Å². The van der Waals surface area contributed by atoms with E-state index in [1.165, 1.54) is 0 Å². The van der Waals surface area contributed by atoms with Gasteiger partial charge in [-0.2, -0.15) is 0 Å². The molecule has 0 bridgehead atoms. The maximum Gasteiger partial charge on any atom is 0.234 e. The summed E-state index contributed by atoms with van der Waals surface area (Å²) < 4.78 is 0. The highest BCUT2D eigenvalue weighted by molar-refractivity contribution is 6.32. The number of aromatic hydroxyl groups is 1. The van der Waals surface area contributed by atoms with E-state index in [0.29, 0.717) is 18.1 Å². The van der Waals surface area contributed by atoms with E-state index in [4.69, 9.17) is 11.6 Å². The topological polar surface area (TPSA) is 52.6 Å². The molecular formula is C12H15ClN2O2.